The first kappa shape index (κ1) is 14.1. The van der Waals surface area contributed by atoms with Crippen LogP contribution in [0.4, 0.5) is 0 Å². The number of hydrogen-bond donors (Lipinski definition) is 1. The standard InChI is InChI=1S/C16H28O2/c1-11(2)12-6-9-16(4,18-5)13-7-8-15(3,17)14(13)10-12/h10-11,13-14,17H,6-9H2,1-5H3/t13-,14-,15+,16+/m1/s1. The molecule has 4 atom stereocenters. The van der Waals surface area contributed by atoms with Crippen molar-refractivity contribution in [2.45, 2.75) is 64.6 Å². The van der Waals surface area contributed by atoms with Crippen molar-refractivity contribution in [3.8, 4) is 0 Å². The quantitative estimate of drug-likeness (QED) is 0.762. The van der Waals surface area contributed by atoms with Crippen LogP contribution >= 0.6 is 0 Å². The summed E-state index contributed by atoms with van der Waals surface area (Å²) in [6, 6.07) is 0. The van der Waals surface area contributed by atoms with Gasteiger partial charge in [-0.05, 0) is 51.4 Å². The Hall–Kier alpha value is -0.340. The van der Waals surface area contributed by atoms with Gasteiger partial charge in [0.1, 0.15) is 0 Å². The minimum Gasteiger partial charge on any atom is -0.390 e. The average Bonchev–Trinajstić information content (AvgIpc) is 2.50. The normalized spacial score (nSPS) is 44.7. The van der Waals surface area contributed by atoms with Gasteiger partial charge in [-0.1, -0.05) is 25.5 Å². The highest BCUT2D eigenvalue weighted by Gasteiger charge is 2.51. The predicted molar refractivity (Wildman–Crippen MR) is 74.4 cm³/mol. The molecule has 0 amide bonds. The summed E-state index contributed by atoms with van der Waals surface area (Å²) in [4.78, 5) is 0. The van der Waals surface area contributed by atoms with Crippen molar-refractivity contribution in [3.63, 3.8) is 0 Å². The Kier molecular flexibility index (Phi) is 3.63. The number of ether oxygens (including phenoxy) is 1. The Morgan fingerprint density at radius 1 is 1.33 bits per heavy atom. The summed E-state index contributed by atoms with van der Waals surface area (Å²) < 4.78 is 5.85. The fraction of sp³-hybridized carbons (Fsp3) is 0.875. The zero-order valence-corrected chi connectivity index (χ0v) is 12.5. The van der Waals surface area contributed by atoms with Gasteiger partial charge in [-0.2, -0.15) is 0 Å². The number of rotatable bonds is 2. The van der Waals surface area contributed by atoms with Crippen LogP contribution in [0.5, 0.6) is 0 Å². The van der Waals surface area contributed by atoms with E-state index in [-0.39, 0.29) is 11.5 Å². The van der Waals surface area contributed by atoms with Crippen molar-refractivity contribution in [3.05, 3.63) is 11.6 Å². The molecule has 2 aliphatic rings. The highest BCUT2D eigenvalue weighted by Crippen LogP contribution is 2.51. The van der Waals surface area contributed by atoms with E-state index in [2.05, 4.69) is 26.8 Å². The molecule has 0 radical (unpaired) electrons. The van der Waals surface area contributed by atoms with E-state index >= 15 is 0 Å². The monoisotopic (exact) mass is 252 g/mol. The lowest BCUT2D eigenvalue weighted by Gasteiger charge is -2.37. The minimum absolute atomic E-state index is 0.0850. The molecule has 0 saturated heterocycles. The lowest BCUT2D eigenvalue weighted by Crippen LogP contribution is -2.41. The SMILES string of the molecule is CO[C@@]1(C)CCC(C(C)C)=C[C@@H]2[C@H]1CC[C@]2(C)O. The molecule has 0 aliphatic heterocycles. The topological polar surface area (TPSA) is 29.5 Å². The Labute approximate surface area is 111 Å². The van der Waals surface area contributed by atoms with Gasteiger partial charge >= 0.3 is 0 Å². The van der Waals surface area contributed by atoms with E-state index in [0.29, 0.717) is 11.8 Å². The molecule has 1 saturated carbocycles. The molecular weight excluding hydrogens is 224 g/mol. The lowest BCUT2D eigenvalue weighted by molar-refractivity contribution is -0.0708. The maximum Gasteiger partial charge on any atom is 0.0688 e. The Bertz CT molecular complexity index is 343. The van der Waals surface area contributed by atoms with Crippen LogP contribution in [-0.4, -0.2) is 23.4 Å². The zero-order valence-electron chi connectivity index (χ0n) is 12.5. The Morgan fingerprint density at radius 2 is 2.00 bits per heavy atom. The first-order valence-corrected chi connectivity index (χ1v) is 7.28. The van der Waals surface area contributed by atoms with Crippen LogP contribution in [0.3, 0.4) is 0 Å². The largest absolute Gasteiger partial charge is 0.390 e. The molecule has 1 fully saturated rings. The number of aliphatic hydroxyl groups is 1. The molecule has 0 bridgehead atoms. The summed E-state index contributed by atoms with van der Waals surface area (Å²) in [5.74, 6) is 1.28. The molecular formula is C16H28O2. The third-order valence-corrected chi connectivity index (χ3v) is 5.41. The van der Waals surface area contributed by atoms with Gasteiger partial charge in [0.2, 0.25) is 0 Å². The molecule has 2 heteroatoms. The van der Waals surface area contributed by atoms with Gasteiger partial charge in [0.15, 0.2) is 0 Å². The summed E-state index contributed by atoms with van der Waals surface area (Å²) in [7, 11) is 1.82. The van der Waals surface area contributed by atoms with E-state index < -0.39 is 5.60 Å². The first-order chi connectivity index (χ1) is 8.30. The molecule has 0 heterocycles. The number of methoxy groups -OCH3 is 1. The van der Waals surface area contributed by atoms with E-state index in [1.54, 1.807) is 0 Å². The third kappa shape index (κ3) is 2.25. The van der Waals surface area contributed by atoms with Crippen molar-refractivity contribution in [2.24, 2.45) is 17.8 Å². The van der Waals surface area contributed by atoms with Crippen LogP contribution in [0.15, 0.2) is 11.6 Å². The summed E-state index contributed by atoms with van der Waals surface area (Å²) in [5, 5.41) is 10.6. The van der Waals surface area contributed by atoms with Gasteiger partial charge in [0, 0.05) is 13.0 Å². The summed E-state index contributed by atoms with van der Waals surface area (Å²) in [6.45, 7) is 8.72. The average molecular weight is 252 g/mol. The van der Waals surface area contributed by atoms with Crippen LogP contribution in [-0.2, 0) is 4.74 Å². The van der Waals surface area contributed by atoms with Crippen LogP contribution < -0.4 is 0 Å². The number of allylic oxidation sites excluding steroid dienone is 1. The summed E-state index contributed by atoms with van der Waals surface area (Å²) in [5.41, 5.74) is 0.848. The molecule has 0 aromatic heterocycles. The second-order valence-corrected chi connectivity index (χ2v) is 6.94. The Morgan fingerprint density at radius 3 is 2.56 bits per heavy atom. The lowest BCUT2D eigenvalue weighted by atomic mass is 9.77. The van der Waals surface area contributed by atoms with Crippen molar-refractivity contribution in [1.29, 1.82) is 0 Å². The third-order valence-electron chi connectivity index (χ3n) is 5.41. The second kappa shape index (κ2) is 4.64. The minimum atomic E-state index is -0.561. The van der Waals surface area contributed by atoms with Crippen molar-refractivity contribution in [2.75, 3.05) is 7.11 Å². The molecule has 0 spiro atoms. The number of fused-ring (bicyclic) bond motifs is 1. The first-order valence-electron chi connectivity index (χ1n) is 7.28. The fourth-order valence-corrected chi connectivity index (χ4v) is 3.83. The van der Waals surface area contributed by atoms with Gasteiger partial charge in [-0.3, -0.25) is 0 Å². The van der Waals surface area contributed by atoms with Crippen LogP contribution in [0.2, 0.25) is 0 Å². The molecule has 18 heavy (non-hydrogen) atoms. The molecule has 0 unspecified atom stereocenters. The predicted octanol–water partition coefficient (Wildman–Crippen LogP) is 3.54. The van der Waals surface area contributed by atoms with Crippen LogP contribution in [0.1, 0.15) is 53.4 Å². The van der Waals surface area contributed by atoms with E-state index in [1.807, 2.05) is 14.0 Å². The molecule has 2 rings (SSSR count). The highest BCUT2D eigenvalue weighted by molar-refractivity contribution is 5.19. The molecule has 0 aromatic rings. The molecule has 2 nitrogen and oxygen atoms in total. The summed E-state index contributed by atoms with van der Waals surface area (Å²) in [6.07, 6.45) is 6.51. The van der Waals surface area contributed by atoms with Gasteiger partial charge < -0.3 is 9.84 Å². The molecule has 2 aliphatic carbocycles. The molecule has 104 valence electrons. The van der Waals surface area contributed by atoms with Crippen LogP contribution in [0, 0.1) is 17.8 Å². The second-order valence-electron chi connectivity index (χ2n) is 6.94. The van der Waals surface area contributed by atoms with Crippen molar-refractivity contribution in [1.82, 2.24) is 0 Å². The van der Waals surface area contributed by atoms with E-state index in [1.165, 1.54) is 5.57 Å². The fourth-order valence-electron chi connectivity index (χ4n) is 3.83. The molecule has 1 N–H and O–H groups in total. The van der Waals surface area contributed by atoms with Gasteiger partial charge in [-0.25, -0.2) is 0 Å². The van der Waals surface area contributed by atoms with Gasteiger partial charge in [0.05, 0.1) is 11.2 Å². The van der Waals surface area contributed by atoms with E-state index in [9.17, 15) is 5.11 Å². The maximum absolute atomic E-state index is 10.6. The van der Waals surface area contributed by atoms with E-state index in [0.717, 1.165) is 25.7 Å². The molecule has 0 aromatic carbocycles. The maximum atomic E-state index is 10.6. The van der Waals surface area contributed by atoms with Crippen molar-refractivity contribution < 1.29 is 9.84 Å². The zero-order chi connectivity index (χ0) is 13.6. The van der Waals surface area contributed by atoms with Gasteiger partial charge in [-0.15, -0.1) is 0 Å². The smallest absolute Gasteiger partial charge is 0.0688 e. The van der Waals surface area contributed by atoms with Crippen molar-refractivity contribution >= 4 is 0 Å². The van der Waals surface area contributed by atoms with E-state index in [4.69, 9.17) is 4.74 Å². The van der Waals surface area contributed by atoms with Gasteiger partial charge in [0.25, 0.3) is 0 Å². The highest BCUT2D eigenvalue weighted by atomic mass is 16.5. The number of hydrogen-bond acceptors (Lipinski definition) is 2. The Balaban J connectivity index is 2.38. The summed E-state index contributed by atoms with van der Waals surface area (Å²) >= 11 is 0. The van der Waals surface area contributed by atoms with Crippen LogP contribution in [0.25, 0.3) is 0 Å².